The summed E-state index contributed by atoms with van der Waals surface area (Å²) < 4.78 is 70.7. The Morgan fingerprint density at radius 3 is 2.77 bits per heavy atom. The van der Waals surface area contributed by atoms with Crippen LogP contribution in [0, 0.1) is 5.82 Å². The third-order valence-corrected chi connectivity index (χ3v) is 6.78. The van der Waals surface area contributed by atoms with E-state index in [2.05, 4.69) is 15.3 Å². The lowest BCUT2D eigenvalue weighted by atomic mass is 10.1. The average Bonchev–Trinajstić information content (AvgIpc) is 3.45. The molecule has 0 aromatic carbocycles. The number of anilines is 3. The van der Waals surface area contributed by atoms with Crippen LogP contribution >= 0.6 is 0 Å². The number of ether oxygens (including phenoxy) is 3. The number of amides is 3. The molecular formula is C25H28F4N6O5. The Bertz CT molecular complexity index is 1310. The van der Waals surface area contributed by atoms with Crippen LogP contribution in [0.5, 0.6) is 5.75 Å². The molecule has 1 unspecified atom stereocenters. The van der Waals surface area contributed by atoms with Crippen molar-refractivity contribution in [2.45, 2.75) is 57.3 Å². The molecule has 5 rings (SSSR count). The maximum absolute atomic E-state index is 14.9. The molecule has 3 amide bonds. The van der Waals surface area contributed by atoms with Crippen LogP contribution in [-0.4, -0.2) is 78.4 Å². The molecule has 2 aromatic heterocycles. The van der Waals surface area contributed by atoms with Crippen LogP contribution in [0.25, 0.3) is 0 Å². The molecule has 0 radical (unpaired) electrons. The van der Waals surface area contributed by atoms with E-state index in [-0.39, 0.29) is 36.1 Å². The summed E-state index contributed by atoms with van der Waals surface area (Å²) in [6.07, 6.45) is -3.01. The van der Waals surface area contributed by atoms with Gasteiger partial charge >= 0.3 is 12.2 Å². The summed E-state index contributed by atoms with van der Waals surface area (Å²) in [5, 5.41) is 4.38. The highest BCUT2D eigenvalue weighted by atomic mass is 19.4. The number of nitrogens with zero attached hydrogens (tertiary/aromatic N) is 4. The van der Waals surface area contributed by atoms with Gasteiger partial charge in [0, 0.05) is 31.4 Å². The number of carbonyl (C=O) groups is 2. The molecule has 2 saturated heterocycles. The molecule has 2 bridgehead atoms. The van der Waals surface area contributed by atoms with Gasteiger partial charge in [-0.3, -0.25) is 15.0 Å². The molecule has 0 aliphatic carbocycles. The standard InChI is InChI=1S/C25H28F4N6O5/c1-13(25(27,28)29)31-22(36)20-17(26)9-18-21(33-20)35(14-5-7-34(18)10-14)23(37)32-19-8-15(4-6-30-19)38-11-16-12-39-24(2,3)40-16/h4,6,8-9,13-14,16H,5,7,10-12H2,1-3H3,(H,31,36)(H,30,32,37)/t13-,14?,16+/m1/s1. The second-order valence-corrected chi connectivity index (χ2v) is 10.2. The van der Waals surface area contributed by atoms with Gasteiger partial charge in [0.2, 0.25) is 0 Å². The number of hydrogen-bond acceptors (Lipinski definition) is 8. The summed E-state index contributed by atoms with van der Waals surface area (Å²) >= 11 is 0. The second kappa shape index (κ2) is 10.4. The van der Waals surface area contributed by atoms with Crippen LogP contribution in [-0.2, 0) is 9.47 Å². The predicted octanol–water partition coefficient (Wildman–Crippen LogP) is 3.46. The van der Waals surface area contributed by atoms with Crippen molar-refractivity contribution in [1.82, 2.24) is 15.3 Å². The fourth-order valence-electron chi connectivity index (χ4n) is 4.77. The Morgan fingerprint density at radius 2 is 2.08 bits per heavy atom. The molecule has 2 N–H and O–H groups in total. The normalized spacial score (nSPS) is 22.1. The third kappa shape index (κ3) is 5.75. The molecule has 3 aliphatic heterocycles. The molecule has 5 heterocycles. The summed E-state index contributed by atoms with van der Waals surface area (Å²) in [6.45, 7) is 5.83. The van der Waals surface area contributed by atoms with E-state index in [1.807, 2.05) is 4.90 Å². The number of nitrogens with one attached hydrogen (secondary N) is 2. The van der Waals surface area contributed by atoms with Crippen molar-refractivity contribution < 1.29 is 41.4 Å². The number of urea groups is 1. The van der Waals surface area contributed by atoms with Crippen LogP contribution in [0.1, 0.15) is 37.7 Å². The fourth-order valence-corrected chi connectivity index (χ4v) is 4.77. The lowest BCUT2D eigenvalue weighted by molar-refractivity contribution is -0.149. The van der Waals surface area contributed by atoms with Crippen molar-refractivity contribution in [3.8, 4) is 5.75 Å². The third-order valence-electron chi connectivity index (χ3n) is 6.78. The van der Waals surface area contributed by atoms with Gasteiger partial charge in [0.15, 0.2) is 23.1 Å². The SMILES string of the molecule is C[C@@H](NC(=O)c1nc2c(cc1F)N1CCC(C1)N2C(=O)Nc1cc(OC[C@H]2COC(C)(C)O2)ccn1)C(F)(F)F. The Hall–Kier alpha value is -3.72. The molecule has 216 valence electrons. The van der Waals surface area contributed by atoms with Gasteiger partial charge in [-0.25, -0.2) is 19.2 Å². The lowest BCUT2D eigenvalue weighted by Crippen LogP contribution is -2.49. The molecule has 3 aliphatic rings. The van der Waals surface area contributed by atoms with E-state index < -0.39 is 41.5 Å². The maximum Gasteiger partial charge on any atom is 0.408 e. The van der Waals surface area contributed by atoms with Crippen LogP contribution in [0.4, 0.5) is 39.7 Å². The van der Waals surface area contributed by atoms with Crippen molar-refractivity contribution >= 4 is 29.3 Å². The molecule has 2 fully saturated rings. The first-order valence-corrected chi connectivity index (χ1v) is 12.6. The first-order valence-electron chi connectivity index (χ1n) is 12.6. The van der Waals surface area contributed by atoms with Crippen molar-refractivity contribution in [3.05, 3.63) is 35.9 Å². The summed E-state index contributed by atoms with van der Waals surface area (Å²) in [5.74, 6) is -2.59. The zero-order valence-electron chi connectivity index (χ0n) is 21.9. The minimum atomic E-state index is -4.73. The van der Waals surface area contributed by atoms with Crippen molar-refractivity contribution in [2.24, 2.45) is 0 Å². The van der Waals surface area contributed by atoms with E-state index in [9.17, 15) is 27.2 Å². The zero-order chi connectivity index (χ0) is 28.8. The first-order chi connectivity index (χ1) is 18.8. The van der Waals surface area contributed by atoms with Crippen LogP contribution in [0.15, 0.2) is 24.4 Å². The molecule has 40 heavy (non-hydrogen) atoms. The summed E-state index contributed by atoms with van der Waals surface area (Å²) in [4.78, 5) is 37.2. The van der Waals surface area contributed by atoms with Gasteiger partial charge in [-0.1, -0.05) is 0 Å². The number of halogens is 4. The molecule has 15 heteroatoms. The second-order valence-electron chi connectivity index (χ2n) is 10.2. The first kappa shape index (κ1) is 27.8. The van der Waals surface area contributed by atoms with Gasteiger partial charge < -0.3 is 24.4 Å². The van der Waals surface area contributed by atoms with Gasteiger partial charge in [0.25, 0.3) is 5.91 Å². The average molecular weight is 569 g/mol. The Labute approximate surface area is 226 Å². The van der Waals surface area contributed by atoms with E-state index in [0.717, 1.165) is 13.0 Å². The summed E-state index contributed by atoms with van der Waals surface area (Å²) in [6, 6.07) is 0.897. The monoisotopic (exact) mass is 568 g/mol. The highest BCUT2D eigenvalue weighted by Crippen LogP contribution is 2.40. The predicted molar refractivity (Wildman–Crippen MR) is 134 cm³/mol. The quantitative estimate of drug-likeness (QED) is 0.509. The van der Waals surface area contributed by atoms with Crippen LogP contribution < -0.4 is 25.2 Å². The Balaban J connectivity index is 1.34. The highest BCUT2D eigenvalue weighted by molar-refractivity contribution is 6.05. The number of aromatic nitrogens is 2. The van der Waals surface area contributed by atoms with E-state index in [4.69, 9.17) is 14.2 Å². The number of alkyl halides is 3. The lowest BCUT2D eigenvalue weighted by Gasteiger charge is -2.35. The minimum Gasteiger partial charge on any atom is -0.491 e. The maximum atomic E-state index is 14.9. The number of hydrogen-bond donors (Lipinski definition) is 2. The Morgan fingerprint density at radius 1 is 1.30 bits per heavy atom. The number of pyridine rings is 2. The van der Waals surface area contributed by atoms with Crippen LogP contribution in [0.3, 0.4) is 0 Å². The van der Waals surface area contributed by atoms with Crippen LogP contribution in [0.2, 0.25) is 0 Å². The van der Waals surface area contributed by atoms with E-state index in [1.54, 1.807) is 25.2 Å². The van der Waals surface area contributed by atoms with E-state index in [0.29, 0.717) is 31.9 Å². The Kier molecular flexibility index (Phi) is 7.20. The van der Waals surface area contributed by atoms with Gasteiger partial charge in [-0.05, 0) is 33.3 Å². The van der Waals surface area contributed by atoms with Crippen molar-refractivity contribution in [1.29, 1.82) is 0 Å². The molecule has 11 nitrogen and oxygen atoms in total. The highest BCUT2D eigenvalue weighted by Gasteiger charge is 2.42. The number of fused-ring (bicyclic) bond motifs is 4. The zero-order valence-corrected chi connectivity index (χ0v) is 21.9. The largest absolute Gasteiger partial charge is 0.491 e. The number of carbonyl (C=O) groups excluding carboxylic acids is 2. The summed E-state index contributed by atoms with van der Waals surface area (Å²) in [5.41, 5.74) is -0.585. The molecule has 3 atom stereocenters. The topological polar surface area (TPSA) is 118 Å². The van der Waals surface area contributed by atoms with E-state index >= 15 is 0 Å². The summed E-state index contributed by atoms with van der Waals surface area (Å²) in [7, 11) is 0. The smallest absolute Gasteiger partial charge is 0.408 e. The molecule has 0 spiro atoms. The van der Waals surface area contributed by atoms with Crippen molar-refractivity contribution in [3.63, 3.8) is 0 Å². The molecule has 2 aromatic rings. The van der Waals surface area contributed by atoms with Gasteiger partial charge in [-0.15, -0.1) is 0 Å². The van der Waals surface area contributed by atoms with Gasteiger partial charge in [-0.2, -0.15) is 13.2 Å². The fraction of sp³-hybridized carbons (Fsp3) is 0.520. The van der Waals surface area contributed by atoms with Crippen molar-refractivity contribution in [2.75, 3.05) is 41.4 Å². The minimum absolute atomic E-state index is 0.0362. The van der Waals surface area contributed by atoms with Gasteiger partial charge in [0.05, 0.1) is 18.3 Å². The number of rotatable bonds is 6. The van der Waals surface area contributed by atoms with Gasteiger partial charge in [0.1, 0.15) is 30.3 Å². The van der Waals surface area contributed by atoms with E-state index in [1.165, 1.54) is 17.2 Å². The molecular weight excluding hydrogens is 540 g/mol. The molecule has 0 saturated carbocycles.